The molecule has 11 heteroatoms. The fraction of sp³-hybridized carbons (Fsp3) is 0.333. The van der Waals surface area contributed by atoms with Gasteiger partial charge in [-0.15, -0.1) is 6.58 Å². The maximum absolute atomic E-state index is 13.6. The number of hydrogen-bond donors (Lipinski definition) is 1. The maximum Gasteiger partial charge on any atom is 0.328 e. The zero-order chi connectivity index (χ0) is 26.1. The van der Waals surface area contributed by atoms with Crippen molar-refractivity contribution in [1.82, 2.24) is 10.3 Å². The smallest absolute Gasteiger partial charge is 0.328 e. The third-order valence-electron chi connectivity index (χ3n) is 4.60. The van der Waals surface area contributed by atoms with Gasteiger partial charge in [-0.3, -0.25) is 9.59 Å². The standard InChI is InChI=1S/C24H26ClFN2O7/c1-6-7-19(35-18-11-16(25)10-17(26)12-18)14(3)33-24(31)13(2)28-23(30)21-22(34-15(4)29)20(32-5)8-9-27-21/h6,8-14,19H,1,7H2,2-5H3,(H,28,30)/t13-,14-,19+/m0/s1. The summed E-state index contributed by atoms with van der Waals surface area (Å²) in [6.45, 7) is 7.82. The van der Waals surface area contributed by atoms with Crippen LogP contribution in [-0.4, -0.2) is 48.2 Å². The number of methoxy groups -OCH3 is 1. The van der Waals surface area contributed by atoms with Gasteiger partial charge in [0.05, 0.1) is 7.11 Å². The van der Waals surface area contributed by atoms with Gasteiger partial charge in [0.25, 0.3) is 5.91 Å². The lowest BCUT2D eigenvalue weighted by atomic mass is 10.1. The van der Waals surface area contributed by atoms with Crippen molar-refractivity contribution in [2.45, 2.75) is 45.4 Å². The molecule has 0 aliphatic heterocycles. The van der Waals surface area contributed by atoms with Crippen molar-refractivity contribution in [2.75, 3.05) is 7.11 Å². The quantitative estimate of drug-likeness (QED) is 0.359. The van der Waals surface area contributed by atoms with Crippen LogP contribution in [0.2, 0.25) is 5.02 Å². The summed E-state index contributed by atoms with van der Waals surface area (Å²) in [5, 5.41) is 2.60. The molecule has 0 radical (unpaired) electrons. The second kappa shape index (κ2) is 12.7. The number of nitrogens with one attached hydrogen (secondary N) is 1. The van der Waals surface area contributed by atoms with Crippen LogP contribution < -0.4 is 19.5 Å². The monoisotopic (exact) mass is 508 g/mol. The summed E-state index contributed by atoms with van der Waals surface area (Å²) in [6.07, 6.45) is 1.64. The molecule has 2 rings (SSSR count). The van der Waals surface area contributed by atoms with Crippen LogP contribution in [0, 0.1) is 5.82 Å². The van der Waals surface area contributed by atoms with Gasteiger partial charge >= 0.3 is 11.9 Å². The Morgan fingerprint density at radius 3 is 2.57 bits per heavy atom. The number of nitrogens with zero attached hydrogens (tertiary/aromatic N) is 1. The second-order valence-electron chi connectivity index (χ2n) is 7.41. The van der Waals surface area contributed by atoms with Crippen molar-refractivity contribution in [2.24, 2.45) is 0 Å². The van der Waals surface area contributed by atoms with Crippen LogP contribution in [0.1, 0.15) is 37.7 Å². The van der Waals surface area contributed by atoms with Gasteiger partial charge in [0.2, 0.25) is 5.75 Å². The van der Waals surface area contributed by atoms with Crippen LogP contribution in [-0.2, 0) is 14.3 Å². The number of pyridine rings is 1. The van der Waals surface area contributed by atoms with Gasteiger partial charge in [-0.2, -0.15) is 0 Å². The van der Waals surface area contributed by atoms with Crippen LogP contribution in [0.4, 0.5) is 4.39 Å². The molecule has 0 fully saturated rings. The molecule has 0 unspecified atom stereocenters. The molecule has 0 aliphatic carbocycles. The number of carbonyl (C=O) groups is 3. The highest BCUT2D eigenvalue weighted by atomic mass is 35.5. The first-order valence-corrected chi connectivity index (χ1v) is 10.9. The van der Waals surface area contributed by atoms with E-state index in [-0.39, 0.29) is 34.4 Å². The van der Waals surface area contributed by atoms with Gasteiger partial charge in [-0.05, 0) is 26.0 Å². The number of aromatic nitrogens is 1. The number of benzene rings is 1. The Kier molecular flexibility index (Phi) is 10.0. The van der Waals surface area contributed by atoms with E-state index in [9.17, 15) is 18.8 Å². The van der Waals surface area contributed by atoms with Crippen molar-refractivity contribution in [3.63, 3.8) is 0 Å². The average Bonchev–Trinajstić information content (AvgIpc) is 2.77. The molecule has 35 heavy (non-hydrogen) atoms. The van der Waals surface area contributed by atoms with Gasteiger partial charge in [-0.25, -0.2) is 14.2 Å². The lowest BCUT2D eigenvalue weighted by molar-refractivity contribution is -0.154. The molecule has 1 amide bonds. The second-order valence-corrected chi connectivity index (χ2v) is 7.84. The highest BCUT2D eigenvalue weighted by Crippen LogP contribution is 2.29. The molecule has 9 nitrogen and oxygen atoms in total. The number of halogens is 2. The zero-order valence-electron chi connectivity index (χ0n) is 19.7. The minimum Gasteiger partial charge on any atom is -0.493 e. The summed E-state index contributed by atoms with van der Waals surface area (Å²) >= 11 is 5.87. The first-order valence-electron chi connectivity index (χ1n) is 10.5. The predicted molar refractivity (Wildman–Crippen MR) is 125 cm³/mol. The van der Waals surface area contributed by atoms with Crippen LogP contribution in [0.5, 0.6) is 17.2 Å². The van der Waals surface area contributed by atoms with Crippen LogP contribution in [0.15, 0.2) is 43.1 Å². The first kappa shape index (κ1) is 27.6. The topological polar surface area (TPSA) is 113 Å². The van der Waals surface area contributed by atoms with E-state index < -0.39 is 41.9 Å². The summed E-state index contributed by atoms with van der Waals surface area (Å²) in [7, 11) is 1.34. The first-order chi connectivity index (χ1) is 16.5. The lowest BCUT2D eigenvalue weighted by Crippen LogP contribution is -2.43. The van der Waals surface area contributed by atoms with E-state index in [1.165, 1.54) is 32.4 Å². The Morgan fingerprint density at radius 2 is 1.97 bits per heavy atom. The van der Waals surface area contributed by atoms with Crippen molar-refractivity contribution in [3.05, 3.63) is 59.7 Å². The van der Waals surface area contributed by atoms with Gasteiger partial charge in [0, 0.05) is 36.7 Å². The average molecular weight is 509 g/mol. The molecule has 0 saturated carbocycles. The van der Waals surface area contributed by atoms with Crippen molar-refractivity contribution < 1.29 is 37.7 Å². The van der Waals surface area contributed by atoms with E-state index in [1.54, 1.807) is 13.0 Å². The molecule has 1 heterocycles. The molecular formula is C24H26ClFN2O7. The summed E-state index contributed by atoms with van der Waals surface area (Å²) < 4.78 is 35.0. The van der Waals surface area contributed by atoms with E-state index in [0.717, 1.165) is 19.1 Å². The highest BCUT2D eigenvalue weighted by molar-refractivity contribution is 6.30. The minimum atomic E-state index is -1.10. The summed E-state index contributed by atoms with van der Waals surface area (Å²) in [4.78, 5) is 40.8. The zero-order valence-corrected chi connectivity index (χ0v) is 20.4. The highest BCUT2D eigenvalue weighted by Gasteiger charge is 2.28. The van der Waals surface area contributed by atoms with Gasteiger partial charge in [0.1, 0.15) is 29.8 Å². The fourth-order valence-corrected chi connectivity index (χ4v) is 3.16. The number of carbonyl (C=O) groups excluding carboxylic acids is 3. The Bertz CT molecular complexity index is 1080. The molecule has 1 aromatic heterocycles. The Balaban J connectivity index is 2.09. The van der Waals surface area contributed by atoms with Gasteiger partial charge < -0.3 is 24.3 Å². The number of ether oxygens (including phenoxy) is 4. The fourth-order valence-electron chi connectivity index (χ4n) is 2.95. The molecule has 0 bridgehead atoms. The van der Waals surface area contributed by atoms with E-state index in [0.29, 0.717) is 0 Å². The lowest BCUT2D eigenvalue weighted by Gasteiger charge is -2.26. The minimum absolute atomic E-state index is 0.117. The molecule has 188 valence electrons. The van der Waals surface area contributed by atoms with Crippen LogP contribution in [0.25, 0.3) is 0 Å². The summed E-state index contributed by atoms with van der Waals surface area (Å²) in [5.41, 5.74) is -0.247. The van der Waals surface area contributed by atoms with E-state index in [2.05, 4.69) is 16.9 Å². The maximum atomic E-state index is 13.6. The SMILES string of the molecule is C=CC[C@@H](Oc1cc(F)cc(Cl)c1)[C@H](C)OC(=O)[C@H](C)NC(=O)c1nccc(OC)c1OC(C)=O. The van der Waals surface area contributed by atoms with Crippen molar-refractivity contribution >= 4 is 29.4 Å². The molecule has 1 aromatic carbocycles. The third-order valence-corrected chi connectivity index (χ3v) is 4.82. The van der Waals surface area contributed by atoms with Crippen LogP contribution >= 0.6 is 11.6 Å². The molecule has 0 saturated heterocycles. The van der Waals surface area contributed by atoms with Crippen molar-refractivity contribution in [3.8, 4) is 17.2 Å². The Labute approximate surface area is 207 Å². The number of hydrogen-bond acceptors (Lipinski definition) is 8. The van der Waals surface area contributed by atoms with Gasteiger partial charge in [0.15, 0.2) is 11.4 Å². The number of esters is 2. The van der Waals surface area contributed by atoms with Crippen molar-refractivity contribution in [1.29, 1.82) is 0 Å². The molecule has 1 N–H and O–H groups in total. The van der Waals surface area contributed by atoms with E-state index in [1.807, 2.05) is 0 Å². The molecule has 3 atom stereocenters. The Morgan fingerprint density at radius 1 is 1.26 bits per heavy atom. The predicted octanol–water partition coefficient (Wildman–Crippen LogP) is 3.88. The van der Waals surface area contributed by atoms with E-state index in [4.69, 9.17) is 30.5 Å². The number of rotatable bonds is 11. The molecule has 0 aliphatic rings. The number of amides is 1. The summed E-state index contributed by atoms with van der Waals surface area (Å²) in [6, 6.07) is 4.03. The summed E-state index contributed by atoms with van der Waals surface area (Å²) in [5.74, 6) is -2.71. The third kappa shape index (κ3) is 7.96. The van der Waals surface area contributed by atoms with E-state index >= 15 is 0 Å². The Hall–Kier alpha value is -3.66. The molecule has 0 spiro atoms. The largest absolute Gasteiger partial charge is 0.493 e. The van der Waals surface area contributed by atoms with Gasteiger partial charge in [-0.1, -0.05) is 17.7 Å². The normalized spacial score (nSPS) is 13.1. The molecule has 2 aromatic rings. The van der Waals surface area contributed by atoms with Crippen LogP contribution in [0.3, 0.4) is 0 Å². The molecular weight excluding hydrogens is 483 g/mol.